The van der Waals surface area contributed by atoms with Gasteiger partial charge < -0.3 is 0 Å². The lowest BCUT2D eigenvalue weighted by atomic mass is 10.1. The average molecular weight is 237 g/mol. The van der Waals surface area contributed by atoms with Gasteiger partial charge in [0.05, 0.1) is 11.6 Å². The topological polar surface area (TPSA) is 25.8 Å². The number of hydrogen-bond donors (Lipinski definition) is 0. The van der Waals surface area contributed by atoms with Gasteiger partial charge in [0.15, 0.2) is 0 Å². The summed E-state index contributed by atoms with van der Waals surface area (Å²) in [5.41, 5.74) is 1.34. The minimum atomic E-state index is -0.234. The van der Waals surface area contributed by atoms with E-state index in [2.05, 4.69) is 9.97 Å². The molecule has 0 N–H and O–H groups in total. The summed E-state index contributed by atoms with van der Waals surface area (Å²) in [6.45, 7) is 0. The monoisotopic (exact) mass is 236 g/mol. The van der Waals surface area contributed by atoms with Crippen LogP contribution in [0.1, 0.15) is 17.1 Å². The average Bonchev–Trinajstić information content (AvgIpc) is 2.32. The Kier molecular flexibility index (Phi) is 3.47. The van der Waals surface area contributed by atoms with Crippen molar-refractivity contribution in [3.05, 3.63) is 59.4 Å². The Hall–Kier alpha value is -1.48. The van der Waals surface area contributed by atoms with Crippen LogP contribution in [0.25, 0.3) is 0 Å². The molecular formula is C12H10ClFN2. The van der Waals surface area contributed by atoms with Crippen LogP contribution in [-0.2, 0) is 12.3 Å². The second-order valence-electron chi connectivity index (χ2n) is 3.37. The molecule has 1 aromatic heterocycles. The highest BCUT2D eigenvalue weighted by atomic mass is 35.5. The Morgan fingerprint density at radius 3 is 2.75 bits per heavy atom. The first-order chi connectivity index (χ1) is 7.79. The molecule has 4 heteroatoms. The maximum atomic E-state index is 13.4. The van der Waals surface area contributed by atoms with Crippen LogP contribution in [0.2, 0.25) is 0 Å². The summed E-state index contributed by atoms with van der Waals surface area (Å²) in [6, 6.07) is 8.36. The van der Waals surface area contributed by atoms with Crippen LogP contribution in [0.4, 0.5) is 4.39 Å². The van der Waals surface area contributed by atoms with E-state index in [1.807, 2.05) is 0 Å². The van der Waals surface area contributed by atoms with E-state index in [9.17, 15) is 4.39 Å². The summed E-state index contributed by atoms with van der Waals surface area (Å²) in [5.74, 6) is 0.693. The Labute approximate surface area is 98.1 Å². The number of nitrogens with zero attached hydrogens (tertiary/aromatic N) is 2. The molecule has 0 atom stereocenters. The van der Waals surface area contributed by atoms with Gasteiger partial charge in [0.25, 0.3) is 0 Å². The van der Waals surface area contributed by atoms with Crippen molar-refractivity contribution < 1.29 is 4.39 Å². The molecule has 0 aliphatic rings. The number of benzene rings is 1. The highest BCUT2D eigenvalue weighted by Crippen LogP contribution is 2.10. The summed E-state index contributed by atoms with van der Waals surface area (Å²) in [6.07, 6.45) is 2.03. The standard InChI is InChI=1S/C12H10ClFN2/c13-8-10-5-6-15-12(16-10)7-9-3-1-2-4-11(9)14/h1-6H,7-8H2. The van der Waals surface area contributed by atoms with Crippen LogP contribution in [0.5, 0.6) is 0 Å². The van der Waals surface area contributed by atoms with Crippen molar-refractivity contribution in [2.75, 3.05) is 0 Å². The van der Waals surface area contributed by atoms with Crippen LogP contribution in [0, 0.1) is 5.82 Å². The van der Waals surface area contributed by atoms with Crippen molar-refractivity contribution in [3.8, 4) is 0 Å². The van der Waals surface area contributed by atoms with E-state index in [1.54, 1.807) is 30.5 Å². The molecule has 0 radical (unpaired) electrons. The van der Waals surface area contributed by atoms with Crippen molar-refractivity contribution in [2.24, 2.45) is 0 Å². The van der Waals surface area contributed by atoms with Crippen molar-refractivity contribution in [1.82, 2.24) is 9.97 Å². The fraction of sp³-hybridized carbons (Fsp3) is 0.167. The second-order valence-corrected chi connectivity index (χ2v) is 3.63. The number of hydrogen-bond acceptors (Lipinski definition) is 2. The summed E-state index contributed by atoms with van der Waals surface area (Å²) >= 11 is 5.67. The molecule has 0 saturated heterocycles. The van der Waals surface area contributed by atoms with Crippen LogP contribution < -0.4 is 0 Å². The summed E-state index contributed by atoms with van der Waals surface area (Å²) in [7, 11) is 0. The smallest absolute Gasteiger partial charge is 0.133 e. The number of rotatable bonds is 3. The molecule has 0 bridgehead atoms. The van der Waals surface area contributed by atoms with Crippen LogP contribution in [0.15, 0.2) is 36.5 Å². The highest BCUT2D eigenvalue weighted by Gasteiger charge is 2.04. The number of alkyl halides is 1. The molecule has 0 unspecified atom stereocenters. The molecule has 0 aliphatic carbocycles. The Balaban J connectivity index is 2.24. The zero-order valence-corrected chi connectivity index (χ0v) is 9.28. The van der Waals surface area contributed by atoms with Crippen LogP contribution >= 0.6 is 11.6 Å². The molecule has 82 valence electrons. The van der Waals surface area contributed by atoms with Crippen molar-refractivity contribution in [1.29, 1.82) is 0 Å². The molecule has 1 heterocycles. The van der Waals surface area contributed by atoms with Crippen molar-refractivity contribution in [2.45, 2.75) is 12.3 Å². The maximum absolute atomic E-state index is 13.4. The predicted octanol–water partition coefficient (Wildman–Crippen LogP) is 2.95. The first kappa shape index (κ1) is 11.0. The molecule has 0 spiro atoms. The lowest BCUT2D eigenvalue weighted by molar-refractivity contribution is 0.612. The largest absolute Gasteiger partial charge is 0.241 e. The van der Waals surface area contributed by atoms with Gasteiger partial charge in [-0.3, -0.25) is 0 Å². The normalized spacial score (nSPS) is 10.4. The second kappa shape index (κ2) is 5.03. The number of halogens is 2. The Morgan fingerprint density at radius 2 is 2.00 bits per heavy atom. The molecule has 0 amide bonds. The molecule has 2 rings (SSSR count). The van der Waals surface area contributed by atoms with E-state index >= 15 is 0 Å². The van der Waals surface area contributed by atoms with Gasteiger partial charge in [-0.25, -0.2) is 14.4 Å². The molecule has 0 fully saturated rings. The lowest BCUT2D eigenvalue weighted by Crippen LogP contribution is -2.00. The minimum Gasteiger partial charge on any atom is -0.241 e. The van der Waals surface area contributed by atoms with Gasteiger partial charge in [0.1, 0.15) is 11.6 Å². The van der Waals surface area contributed by atoms with Crippen molar-refractivity contribution in [3.63, 3.8) is 0 Å². The van der Waals surface area contributed by atoms with Crippen molar-refractivity contribution >= 4 is 11.6 Å². The van der Waals surface area contributed by atoms with Gasteiger partial charge >= 0.3 is 0 Å². The maximum Gasteiger partial charge on any atom is 0.133 e. The molecule has 1 aromatic carbocycles. The first-order valence-electron chi connectivity index (χ1n) is 4.90. The fourth-order valence-electron chi connectivity index (χ4n) is 1.41. The van der Waals surface area contributed by atoms with E-state index in [4.69, 9.17) is 11.6 Å². The molecule has 2 aromatic rings. The minimum absolute atomic E-state index is 0.234. The van der Waals surface area contributed by atoms with Crippen LogP contribution in [-0.4, -0.2) is 9.97 Å². The third kappa shape index (κ3) is 2.55. The third-order valence-corrected chi connectivity index (χ3v) is 2.48. The predicted molar refractivity (Wildman–Crippen MR) is 60.8 cm³/mol. The first-order valence-corrected chi connectivity index (χ1v) is 5.43. The van der Waals surface area contributed by atoms with Gasteiger partial charge in [-0.05, 0) is 17.7 Å². The molecule has 16 heavy (non-hydrogen) atoms. The molecule has 0 saturated carbocycles. The van der Waals surface area contributed by atoms with Gasteiger partial charge in [0, 0.05) is 12.6 Å². The van der Waals surface area contributed by atoms with E-state index < -0.39 is 0 Å². The molecule has 2 nitrogen and oxygen atoms in total. The van der Waals surface area contributed by atoms with E-state index in [1.165, 1.54) is 6.07 Å². The van der Waals surface area contributed by atoms with Crippen LogP contribution in [0.3, 0.4) is 0 Å². The third-order valence-electron chi connectivity index (χ3n) is 2.21. The van der Waals surface area contributed by atoms with Gasteiger partial charge in [-0.15, -0.1) is 11.6 Å². The SMILES string of the molecule is Fc1ccccc1Cc1nccc(CCl)n1. The van der Waals surface area contributed by atoms with E-state index in [-0.39, 0.29) is 5.82 Å². The quantitative estimate of drug-likeness (QED) is 0.766. The van der Waals surface area contributed by atoms with Gasteiger partial charge in [-0.2, -0.15) is 0 Å². The molecule has 0 aliphatic heterocycles. The van der Waals surface area contributed by atoms with E-state index in [0.717, 1.165) is 5.69 Å². The van der Waals surface area contributed by atoms with E-state index in [0.29, 0.717) is 23.7 Å². The Bertz CT molecular complexity index is 488. The summed E-state index contributed by atoms with van der Waals surface area (Å²) in [4.78, 5) is 8.31. The zero-order valence-electron chi connectivity index (χ0n) is 8.53. The number of aromatic nitrogens is 2. The molecular weight excluding hydrogens is 227 g/mol. The zero-order chi connectivity index (χ0) is 11.4. The Morgan fingerprint density at radius 1 is 1.19 bits per heavy atom. The van der Waals surface area contributed by atoms with Gasteiger partial charge in [-0.1, -0.05) is 18.2 Å². The summed E-state index contributed by atoms with van der Waals surface area (Å²) < 4.78 is 13.4. The van der Waals surface area contributed by atoms with Gasteiger partial charge in [0.2, 0.25) is 0 Å². The fourth-order valence-corrected chi connectivity index (χ4v) is 1.56. The lowest BCUT2D eigenvalue weighted by Gasteiger charge is -2.02. The summed E-state index contributed by atoms with van der Waals surface area (Å²) in [5, 5.41) is 0. The highest BCUT2D eigenvalue weighted by molar-refractivity contribution is 6.16.